The first-order valence-electron chi connectivity index (χ1n) is 6.45. The Balaban J connectivity index is 1.74. The topological polar surface area (TPSA) is 42.0 Å². The number of amides is 1. The summed E-state index contributed by atoms with van der Waals surface area (Å²) in [4.78, 5) is 15.8. The number of rotatable bonds is 5. The van der Waals surface area contributed by atoms with Crippen LogP contribution in [0.5, 0.6) is 0 Å². The predicted octanol–water partition coefficient (Wildman–Crippen LogP) is 2.29. The van der Waals surface area contributed by atoms with Gasteiger partial charge in [0.1, 0.15) is 0 Å². The number of aromatic nitrogens is 1. The van der Waals surface area contributed by atoms with Gasteiger partial charge >= 0.3 is 0 Å². The third kappa shape index (κ3) is 4.54. The van der Waals surface area contributed by atoms with Crippen LogP contribution >= 0.6 is 0 Å². The van der Waals surface area contributed by atoms with Crippen molar-refractivity contribution in [3.8, 4) is 0 Å². The molecule has 2 aromatic rings. The molecule has 1 aromatic heterocycles. The molecule has 0 unspecified atom stereocenters. The van der Waals surface area contributed by atoms with Gasteiger partial charge in [0.2, 0.25) is 5.91 Å². The van der Waals surface area contributed by atoms with Gasteiger partial charge in [-0.05, 0) is 30.5 Å². The van der Waals surface area contributed by atoms with Crippen LogP contribution in [-0.2, 0) is 17.6 Å². The zero-order valence-corrected chi connectivity index (χ0v) is 11.1. The molecule has 0 atom stereocenters. The van der Waals surface area contributed by atoms with E-state index in [0.717, 1.165) is 17.5 Å². The van der Waals surface area contributed by atoms with E-state index in [0.29, 0.717) is 13.0 Å². The van der Waals surface area contributed by atoms with Crippen molar-refractivity contribution in [3.63, 3.8) is 0 Å². The van der Waals surface area contributed by atoms with E-state index >= 15 is 0 Å². The Hall–Kier alpha value is -2.16. The second kappa shape index (κ2) is 6.69. The van der Waals surface area contributed by atoms with Crippen LogP contribution in [0.1, 0.15) is 16.7 Å². The Morgan fingerprint density at radius 3 is 2.63 bits per heavy atom. The third-order valence-corrected chi connectivity index (χ3v) is 2.94. The summed E-state index contributed by atoms with van der Waals surface area (Å²) < 4.78 is 0. The quantitative estimate of drug-likeness (QED) is 0.889. The van der Waals surface area contributed by atoms with E-state index in [9.17, 15) is 4.79 Å². The normalized spacial score (nSPS) is 10.2. The van der Waals surface area contributed by atoms with E-state index in [-0.39, 0.29) is 5.91 Å². The van der Waals surface area contributed by atoms with Crippen molar-refractivity contribution in [2.24, 2.45) is 0 Å². The molecule has 0 bridgehead atoms. The van der Waals surface area contributed by atoms with Crippen LogP contribution in [0.25, 0.3) is 0 Å². The molecule has 1 amide bonds. The molecule has 0 spiro atoms. The molecule has 0 aliphatic heterocycles. The molecule has 0 saturated carbocycles. The SMILES string of the molecule is Cc1ccc(CC(=O)NCCc2cccnc2)cc1. The molecule has 3 nitrogen and oxygen atoms in total. The summed E-state index contributed by atoms with van der Waals surface area (Å²) in [6, 6.07) is 12.0. The van der Waals surface area contributed by atoms with Gasteiger partial charge in [0, 0.05) is 18.9 Å². The minimum Gasteiger partial charge on any atom is -0.355 e. The van der Waals surface area contributed by atoms with Crippen molar-refractivity contribution in [2.75, 3.05) is 6.54 Å². The summed E-state index contributed by atoms with van der Waals surface area (Å²) in [6.45, 7) is 2.69. The van der Waals surface area contributed by atoms with Crippen LogP contribution in [0.4, 0.5) is 0 Å². The molecule has 19 heavy (non-hydrogen) atoms. The molecule has 1 heterocycles. The van der Waals surface area contributed by atoms with E-state index < -0.39 is 0 Å². The summed E-state index contributed by atoms with van der Waals surface area (Å²) in [5, 5.41) is 2.93. The summed E-state index contributed by atoms with van der Waals surface area (Å²) in [6.07, 6.45) is 4.83. The Morgan fingerprint density at radius 2 is 1.95 bits per heavy atom. The Bertz CT molecular complexity index is 520. The molecule has 1 N–H and O–H groups in total. The minimum atomic E-state index is 0.0627. The second-order valence-corrected chi connectivity index (χ2v) is 4.62. The van der Waals surface area contributed by atoms with Gasteiger partial charge in [0.05, 0.1) is 6.42 Å². The number of carbonyl (C=O) groups is 1. The maximum absolute atomic E-state index is 11.8. The molecule has 0 saturated heterocycles. The van der Waals surface area contributed by atoms with Crippen LogP contribution in [0, 0.1) is 6.92 Å². The molecule has 98 valence electrons. The summed E-state index contributed by atoms with van der Waals surface area (Å²) >= 11 is 0. The summed E-state index contributed by atoms with van der Waals surface area (Å²) in [5.41, 5.74) is 3.39. The van der Waals surface area contributed by atoms with Crippen LogP contribution < -0.4 is 5.32 Å². The van der Waals surface area contributed by atoms with Gasteiger partial charge < -0.3 is 5.32 Å². The molecular formula is C16H18N2O. The summed E-state index contributed by atoms with van der Waals surface area (Å²) in [7, 11) is 0. The highest BCUT2D eigenvalue weighted by Crippen LogP contribution is 2.03. The fourth-order valence-corrected chi connectivity index (χ4v) is 1.85. The highest BCUT2D eigenvalue weighted by atomic mass is 16.1. The zero-order chi connectivity index (χ0) is 13.5. The fraction of sp³-hybridized carbons (Fsp3) is 0.250. The number of benzene rings is 1. The largest absolute Gasteiger partial charge is 0.355 e. The first-order valence-corrected chi connectivity index (χ1v) is 6.45. The van der Waals surface area contributed by atoms with Gasteiger partial charge in [-0.25, -0.2) is 0 Å². The van der Waals surface area contributed by atoms with Gasteiger partial charge in [0.15, 0.2) is 0 Å². The van der Waals surface area contributed by atoms with Crippen molar-refractivity contribution >= 4 is 5.91 Å². The van der Waals surface area contributed by atoms with Gasteiger partial charge in [-0.1, -0.05) is 35.9 Å². The number of nitrogens with one attached hydrogen (secondary N) is 1. The maximum atomic E-state index is 11.8. The van der Waals surface area contributed by atoms with Crippen LogP contribution in [0.3, 0.4) is 0 Å². The molecular weight excluding hydrogens is 236 g/mol. The molecule has 1 aromatic carbocycles. The zero-order valence-electron chi connectivity index (χ0n) is 11.1. The van der Waals surface area contributed by atoms with Crippen LogP contribution in [0.15, 0.2) is 48.8 Å². The van der Waals surface area contributed by atoms with Crippen molar-refractivity contribution in [3.05, 3.63) is 65.5 Å². The smallest absolute Gasteiger partial charge is 0.224 e. The second-order valence-electron chi connectivity index (χ2n) is 4.62. The molecule has 2 rings (SSSR count). The lowest BCUT2D eigenvalue weighted by Gasteiger charge is -2.05. The molecule has 0 radical (unpaired) electrons. The van der Waals surface area contributed by atoms with E-state index in [1.54, 1.807) is 6.20 Å². The van der Waals surface area contributed by atoms with Crippen LogP contribution in [0.2, 0.25) is 0 Å². The van der Waals surface area contributed by atoms with E-state index in [2.05, 4.69) is 10.3 Å². The van der Waals surface area contributed by atoms with Gasteiger partial charge in [-0.3, -0.25) is 9.78 Å². The first-order chi connectivity index (χ1) is 9.24. The highest BCUT2D eigenvalue weighted by Gasteiger charge is 2.02. The molecule has 0 aliphatic carbocycles. The average molecular weight is 254 g/mol. The Morgan fingerprint density at radius 1 is 1.16 bits per heavy atom. The van der Waals surface area contributed by atoms with Gasteiger partial charge in [-0.2, -0.15) is 0 Å². The predicted molar refractivity (Wildman–Crippen MR) is 75.8 cm³/mol. The third-order valence-electron chi connectivity index (χ3n) is 2.94. The molecule has 0 fully saturated rings. The number of pyridine rings is 1. The lowest BCUT2D eigenvalue weighted by atomic mass is 10.1. The average Bonchev–Trinajstić information content (AvgIpc) is 2.43. The first kappa shape index (κ1) is 13.3. The number of carbonyl (C=O) groups excluding carboxylic acids is 1. The lowest BCUT2D eigenvalue weighted by molar-refractivity contribution is -0.120. The monoisotopic (exact) mass is 254 g/mol. The van der Waals surface area contributed by atoms with E-state index in [1.807, 2.05) is 49.5 Å². The van der Waals surface area contributed by atoms with Gasteiger partial charge in [0.25, 0.3) is 0 Å². The number of nitrogens with zero attached hydrogens (tertiary/aromatic N) is 1. The summed E-state index contributed by atoms with van der Waals surface area (Å²) in [5.74, 6) is 0.0627. The lowest BCUT2D eigenvalue weighted by Crippen LogP contribution is -2.27. The van der Waals surface area contributed by atoms with E-state index in [4.69, 9.17) is 0 Å². The fourth-order valence-electron chi connectivity index (χ4n) is 1.85. The highest BCUT2D eigenvalue weighted by molar-refractivity contribution is 5.78. The minimum absolute atomic E-state index is 0.0627. The van der Waals surface area contributed by atoms with Crippen LogP contribution in [-0.4, -0.2) is 17.4 Å². The van der Waals surface area contributed by atoms with E-state index in [1.165, 1.54) is 5.56 Å². The molecule has 0 aliphatic rings. The number of hydrogen-bond donors (Lipinski definition) is 1. The number of hydrogen-bond acceptors (Lipinski definition) is 2. The van der Waals surface area contributed by atoms with Crippen molar-refractivity contribution in [1.29, 1.82) is 0 Å². The van der Waals surface area contributed by atoms with Gasteiger partial charge in [-0.15, -0.1) is 0 Å². The van der Waals surface area contributed by atoms with Crippen molar-refractivity contribution < 1.29 is 4.79 Å². The standard InChI is InChI=1S/C16H18N2O/c1-13-4-6-14(7-5-13)11-16(19)18-10-8-15-3-2-9-17-12-15/h2-7,9,12H,8,10-11H2,1H3,(H,18,19). The Labute approximate surface area is 113 Å². The van der Waals surface area contributed by atoms with Crippen molar-refractivity contribution in [1.82, 2.24) is 10.3 Å². The van der Waals surface area contributed by atoms with Crippen molar-refractivity contribution in [2.45, 2.75) is 19.8 Å². The Kier molecular flexibility index (Phi) is 4.67. The molecule has 3 heteroatoms. The number of aryl methyl sites for hydroxylation is 1. The maximum Gasteiger partial charge on any atom is 0.224 e.